The van der Waals surface area contributed by atoms with Crippen molar-refractivity contribution in [3.63, 3.8) is 0 Å². The number of nitrogens with one attached hydrogen (secondary N) is 1. The normalized spacial score (nSPS) is 23.0. The molecule has 1 unspecified atom stereocenters. The first-order valence-corrected chi connectivity index (χ1v) is 8.70. The molecule has 1 aliphatic heterocycles. The molecule has 136 valence electrons. The maximum Gasteiger partial charge on any atom is 0.410 e. The average Bonchev–Trinajstić information content (AvgIpc) is 2.42. The molecule has 5 heteroatoms. The Bertz CT molecular complexity index is 390. The molecule has 0 radical (unpaired) electrons. The molecular formula is C18H36N2O3. The van der Waals surface area contributed by atoms with Crippen LogP contribution in [0.2, 0.25) is 0 Å². The van der Waals surface area contributed by atoms with Gasteiger partial charge in [-0.25, -0.2) is 4.79 Å². The van der Waals surface area contributed by atoms with Gasteiger partial charge in [0, 0.05) is 26.7 Å². The lowest BCUT2D eigenvalue weighted by Gasteiger charge is -2.41. The van der Waals surface area contributed by atoms with Crippen LogP contribution >= 0.6 is 0 Å². The van der Waals surface area contributed by atoms with Crippen molar-refractivity contribution in [2.24, 2.45) is 5.41 Å². The Labute approximate surface area is 142 Å². The molecular weight excluding hydrogens is 292 g/mol. The van der Waals surface area contributed by atoms with Gasteiger partial charge in [0.2, 0.25) is 0 Å². The number of piperidine rings is 1. The van der Waals surface area contributed by atoms with Gasteiger partial charge in [-0.2, -0.15) is 0 Å². The van der Waals surface area contributed by atoms with Crippen molar-refractivity contribution in [3.8, 4) is 0 Å². The van der Waals surface area contributed by atoms with Crippen molar-refractivity contribution in [2.75, 3.05) is 33.3 Å². The van der Waals surface area contributed by atoms with Crippen molar-refractivity contribution in [1.82, 2.24) is 10.2 Å². The monoisotopic (exact) mass is 328 g/mol. The van der Waals surface area contributed by atoms with Crippen LogP contribution in [0.4, 0.5) is 4.79 Å². The number of carbonyl (C=O) groups is 1. The second kappa shape index (κ2) is 7.84. The highest BCUT2D eigenvalue weighted by atomic mass is 16.6. The Morgan fingerprint density at radius 1 is 1.26 bits per heavy atom. The fourth-order valence-electron chi connectivity index (χ4n) is 2.82. The van der Waals surface area contributed by atoms with Gasteiger partial charge in [0.15, 0.2) is 0 Å². The van der Waals surface area contributed by atoms with Gasteiger partial charge in [0.05, 0.1) is 5.60 Å². The van der Waals surface area contributed by atoms with E-state index < -0.39 is 5.60 Å². The van der Waals surface area contributed by atoms with Crippen LogP contribution in [-0.4, -0.2) is 55.5 Å². The lowest BCUT2D eigenvalue weighted by molar-refractivity contribution is 0.00521. The van der Waals surface area contributed by atoms with E-state index >= 15 is 0 Å². The summed E-state index contributed by atoms with van der Waals surface area (Å²) in [6.07, 6.45) is 2.94. The fourth-order valence-corrected chi connectivity index (χ4v) is 2.82. The topological polar surface area (TPSA) is 50.8 Å². The Hall–Kier alpha value is -0.810. The number of hydrogen-bond donors (Lipinski definition) is 1. The number of nitrogens with zero attached hydrogens (tertiary/aromatic N) is 1. The van der Waals surface area contributed by atoms with Gasteiger partial charge in [-0.05, 0) is 65.8 Å². The van der Waals surface area contributed by atoms with E-state index in [-0.39, 0.29) is 17.1 Å². The molecule has 0 aliphatic carbocycles. The van der Waals surface area contributed by atoms with Crippen molar-refractivity contribution in [3.05, 3.63) is 0 Å². The molecule has 1 amide bonds. The number of hydrogen-bond acceptors (Lipinski definition) is 4. The highest BCUT2D eigenvalue weighted by Crippen LogP contribution is 2.29. The van der Waals surface area contributed by atoms with E-state index in [1.54, 1.807) is 7.11 Å². The third-order valence-corrected chi connectivity index (χ3v) is 4.44. The SMILES string of the molecule is COC(C)(C)CCNCC1(C)CCCN(C(=O)OC(C)(C)C)C1. The lowest BCUT2D eigenvalue weighted by Crippen LogP contribution is -2.50. The number of likely N-dealkylation sites (tertiary alicyclic amines) is 1. The molecule has 1 aliphatic rings. The molecule has 0 spiro atoms. The number of carbonyl (C=O) groups excluding carboxylic acids is 1. The smallest absolute Gasteiger partial charge is 0.410 e. The number of methoxy groups -OCH3 is 1. The molecule has 0 aromatic rings. The van der Waals surface area contributed by atoms with E-state index in [9.17, 15) is 4.79 Å². The van der Waals surface area contributed by atoms with E-state index in [0.29, 0.717) is 0 Å². The summed E-state index contributed by atoms with van der Waals surface area (Å²) >= 11 is 0. The molecule has 1 heterocycles. The van der Waals surface area contributed by atoms with Crippen LogP contribution in [-0.2, 0) is 9.47 Å². The van der Waals surface area contributed by atoms with Crippen molar-refractivity contribution in [2.45, 2.75) is 72.0 Å². The van der Waals surface area contributed by atoms with E-state index in [1.807, 2.05) is 25.7 Å². The molecule has 1 saturated heterocycles. The van der Waals surface area contributed by atoms with Gasteiger partial charge in [-0.1, -0.05) is 6.92 Å². The number of rotatable bonds is 6. The number of ether oxygens (including phenoxy) is 2. The van der Waals surface area contributed by atoms with Crippen LogP contribution in [0.25, 0.3) is 0 Å². The zero-order valence-electron chi connectivity index (χ0n) is 16.1. The maximum absolute atomic E-state index is 12.3. The van der Waals surface area contributed by atoms with Gasteiger partial charge in [-0.3, -0.25) is 0 Å². The molecule has 0 aromatic heterocycles. The molecule has 1 rings (SSSR count). The van der Waals surface area contributed by atoms with Crippen molar-refractivity contribution in [1.29, 1.82) is 0 Å². The first-order valence-electron chi connectivity index (χ1n) is 8.70. The zero-order valence-corrected chi connectivity index (χ0v) is 16.1. The van der Waals surface area contributed by atoms with Gasteiger partial charge in [-0.15, -0.1) is 0 Å². The molecule has 1 atom stereocenters. The summed E-state index contributed by atoms with van der Waals surface area (Å²) in [4.78, 5) is 14.1. The van der Waals surface area contributed by atoms with Crippen molar-refractivity contribution < 1.29 is 14.3 Å². The first kappa shape index (κ1) is 20.2. The van der Waals surface area contributed by atoms with Crippen molar-refractivity contribution >= 4 is 6.09 Å². The van der Waals surface area contributed by atoms with E-state index in [1.165, 1.54) is 0 Å². The third-order valence-electron chi connectivity index (χ3n) is 4.44. The van der Waals surface area contributed by atoms with Gasteiger partial charge in [0.25, 0.3) is 0 Å². The summed E-state index contributed by atoms with van der Waals surface area (Å²) < 4.78 is 10.9. The second-order valence-electron chi connectivity index (χ2n) is 8.71. The highest BCUT2D eigenvalue weighted by Gasteiger charge is 2.34. The molecule has 0 saturated carbocycles. The third kappa shape index (κ3) is 7.53. The summed E-state index contributed by atoms with van der Waals surface area (Å²) in [5.74, 6) is 0. The quantitative estimate of drug-likeness (QED) is 0.759. The number of amides is 1. The molecule has 5 nitrogen and oxygen atoms in total. The Balaban J connectivity index is 2.44. The van der Waals surface area contributed by atoms with Crippen LogP contribution in [0.1, 0.15) is 60.8 Å². The van der Waals surface area contributed by atoms with E-state index in [2.05, 4.69) is 26.1 Å². The summed E-state index contributed by atoms with van der Waals surface area (Å²) in [5, 5.41) is 3.53. The largest absolute Gasteiger partial charge is 0.444 e. The van der Waals surface area contributed by atoms with Gasteiger partial charge < -0.3 is 19.7 Å². The molecule has 0 bridgehead atoms. The molecule has 23 heavy (non-hydrogen) atoms. The maximum atomic E-state index is 12.3. The van der Waals surface area contributed by atoms with E-state index in [0.717, 1.165) is 45.4 Å². The van der Waals surface area contributed by atoms with E-state index in [4.69, 9.17) is 9.47 Å². The highest BCUT2D eigenvalue weighted by molar-refractivity contribution is 5.68. The minimum Gasteiger partial charge on any atom is -0.444 e. The lowest BCUT2D eigenvalue weighted by atomic mass is 9.82. The minimum absolute atomic E-state index is 0.0942. The standard InChI is InChI=1S/C18H36N2O3/c1-16(2,3)23-15(21)20-12-8-9-18(6,14-20)13-19-11-10-17(4,5)22-7/h19H,8-14H2,1-7H3. The summed E-state index contributed by atoms with van der Waals surface area (Å²) in [5.41, 5.74) is -0.426. The summed E-state index contributed by atoms with van der Waals surface area (Å²) in [6.45, 7) is 15.5. The molecule has 1 N–H and O–H groups in total. The van der Waals surface area contributed by atoms with Crippen LogP contribution in [0, 0.1) is 5.41 Å². The summed E-state index contributed by atoms with van der Waals surface area (Å²) in [7, 11) is 1.75. The van der Waals surface area contributed by atoms with Crippen LogP contribution in [0.3, 0.4) is 0 Å². The minimum atomic E-state index is -0.436. The summed E-state index contributed by atoms with van der Waals surface area (Å²) in [6, 6.07) is 0. The van der Waals surface area contributed by atoms with Gasteiger partial charge >= 0.3 is 6.09 Å². The molecule has 1 fully saturated rings. The van der Waals surface area contributed by atoms with Crippen LogP contribution in [0.15, 0.2) is 0 Å². The predicted molar refractivity (Wildman–Crippen MR) is 93.7 cm³/mol. The van der Waals surface area contributed by atoms with Crippen LogP contribution in [0.5, 0.6) is 0 Å². The predicted octanol–water partition coefficient (Wildman–Crippen LogP) is 3.43. The van der Waals surface area contributed by atoms with Crippen LogP contribution < -0.4 is 5.32 Å². The Morgan fingerprint density at radius 3 is 2.48 bits per heavy atom. The Morgan fingerprint density at radius 2 is 1.91 bits per heavy atom. The molecule has 0 aromatic carbocycles. The first-order chi connectivity index (χ1) is 10.5. The zero-order chi connectivity index (χ0) is 17.7. The second-order valence-corrected chi connectivity index (χ2v) is 8.71. The Kier molecular flexibility index (Phi) is 6.90. The average molecular weight is 328 g/mol. The fraction of sp³-hybridized carbons (Fsp3) is 0.944. The van der Waals surface area contributed by atoms with Gasteiger partial charge in [0.1, 0.15) is 5.60 Å².